The molecule has 0 radical (unpaired) electrons. The van der Waals surface area contributed by atoms with Crippen LogP contribution in [0.1, 0.15) is 17.3 Å². The van der Waals surface area contributed by atoms with Crippen LogP contribution in [0.5, 0.6) is 0 Å². The lowest BCUT2D eigenvalue weighted by molar-refractivity contribution is 0.0601. The number of fused-ring (bicyclic) bond motifs is 1. The third-order valence-corrected chi connectivity index (χ3v) is 3.73. The highest BCUT2D eigenvalue weighted by Gasteiger charge is 2.10. The minimum Gasteiger partial charge on any atom is -0.465 e. The first kappa shape index (κ1) is 11.9. The van der Waals surface area contributed by atoms with E-state index in [2.05, 4.69) is 16.8 Å². The zero-order valence-corrected chi connectivity index (χ0v) is 10.9. The van der Waals surface area contributed by atoms with Crippen LogP contribution < -0.4 is 4.90 Å². The van der Waals surface area contributed by atoms with E-state index in [4.69, 9.17) is 4.74 Å². The molecule has 1 aromatic heterocycles. The number of anilines is 1. The number of hydrogen-bond donors (Lipinski definition) is 0. The summed E-state index contributed by atoms with van der Waals surface area (Å²) >= 11 is 1.58. The minimum absolute atomic E-state index is 0.314. The highest BCUT2D eigenvalue weighted by atomic mass is 32.1. The van der Waals surface area contributed by atoms with Gasteiger partial charge in [-0.05, 0) is 25.1 Å². The zero-order valence-electron chi connectivity index (χ0n) is 10.1. The van der Waals surface area contributed by atoms with E-state index >= 15 is 0 Å². The van der Waals surface area contributed by atoms with Gasteiger partial charge in [0.05, 0.1) is 22.9 Å². The van der Waals surface area contributed by atoms with Crippen molar-refractivity contribution in [3.05, 3.63) is 23.8 Å². The number of carbonyl (C=O) groups is 1. The second kappa shape index (κ2) is 4.71. The van der Waals surface area contributed by atoms with Gasteiger partial charge in [0.1, 0.15) is 0 Å². The Labute approximate surface area is 104 Å². The number of methoxy groups -OCH3 is 1. The lowest BCUT2D eigenvalue weighted by Crippen LogP contribution is -2.14. The lowest BCUT2D eigenvalue weighted by atomic mass is 10.2. The second-order valence-corrected chi connectivity index (χ2v) is 4.69. The van der Waals surface area contributed by atoms with E-state index < -0.39 is 0 Å². The van der Waals surface area contributed by atoms with Crippen molar-refractivity contribution in [2.24, 2.45) is 0 Å². The highest BCUT2D eigenvalue weighted by molar-refractivity contribution is 7.22. The van der Waals surface area contributed by atoms with Crippen molar-refractivity contribution >= 4 is 32.7 Å². The van der Waals surface area contributed by atoms with Crippen LogP contribution in [0, 0.1) is 0 Å². The largest absolute Gasteiger partial charge is 0.465 e. The number of hydrogen-bond acceptors (Lipinski definition) is 5. The van der Waals surface area contributed by atoms with Crippen LogP contribution in [0.25, 0.3) is 10.2 Å². The lowest BCUT2D eigenvalue weighted by Gasteiger charge is -2.10. The smallest absolute Gasteiger partial charge is 0.337 e. The van der Waals surface area contributed by atoms with Crippen LogP contribution >= 0.6 is 11.3 Å². The van der Waals surface area contributed by atoms with E-state index in [1.54, 1.807) is 17.4 Å². The van der Waals surface area contributed by atoms with Gasteiger partial charge in [-0.25, -0.2) is 9.78 Å². The molecule has 1 heterocycles. The number of nitrogens with zero attached hydrogens (tertiary/aromatic N) is 2. The van der Waals surface area contributed by atoms with Gasteiger partial charge in [-0.15, -0.1) is 0 Å². The van der Waals surface area contributed by atoms with Crippen LogP contribution in [0.2, 0.25) is 0 Å². The molecule has 0 atom stereocenters. The Hall–Kier alpha value is -1.62. The van der Waals surface area contributed by atoms with Crippen LogP contribution in [0.4, 0.5) is 5.13 Å². The van der Waals surface area contributed by atoms with Crippen molar-refractivity contribution < 1.29 is 9.53 Å². The van der Waals surface area contributed by atoms with Gasteiger partial charge >= 0.3 is 5.97 Å². The molecular weight excluding hydrogens is 236 g/mol. The first-order valence-electron chi connectivity index (χ1n) is 5.35. The monoisotopic (exact) mass is 250 g/mol. The van der Waals surface area contributed by atoms with Gasteiger partial charge in [0, 0.05) is 13.6 Å². The Morgan fingerprint density at radius 3 is 2.94 bits per heavy atom. The summed E-state index contributed by atoms with van der Waals surface area (Å²) in [6.45, 7) is 2.98. The number of aromatic nitrogens is 1. The van der Waals surface area contributed by atoms with Gasteiger partial charge in [0.2, 0.25) is 0 Å². The molecule has 0 aliphatic heterocycles. The summed E-state index contributed by atoms with van der Waals surface area (Å²) in [5.41, 5.74) is 1.48. The van der Waals surface area contributed by atoms with E-state index in [1.807, 2.05) is 19.2 Å². The summed E-state index contributed by atoms with van der Waals surface area (Å²) in [5, 5.41) is 0.963. The third kappa shape index (κ3) is 2.24. The fourth-order valence-corrected chi connectivity index (χ4v) is 2.49. The first-order chi connectivity index (χ1) is 8.15. The molecule has 0 bridgehead atoms. The molecule has 0 aliphatic carbocycles. The molecule has 4 nitrogen and oxygen atoms in total. The molecule has 0 saturated heterocycles. The molecule has 0 aliphatic rings. The SMILES string of the molecule is CCN(C)c1nc2ccc(C(=O)OC)cc2s1. The molecule has 1 aromatic carbocycles. The number of benzene rings is 1. The molecular formula is C12H14N2O2S. The molecule has 0 fully saturated rings. The van der Waals surface area contributed by atoms with Crippen LogP contribution in [0.15, 0.2) is 18.2 Å². The number of carbonyl (C=O) groups excluding carboxylic acids is 1. The van der Waals surface area contributed by atoms with E-state index in [-0.39, 0.29) is 5.97 Å². The van der Waals surface area contributed by atoms with Gasteiger partial charge in [0.25, 0.3) is 0 Å². The average Bonchev–Trinajstić information content (AvgIpc) is 2.79. The van der Waals surface area contributed by atoms with Crippen molar-refractivity contribution in [1.82, 2.24) is 4.98 Å². The standard InChI is InChI=1S/C12H14N2O2S/c1-4-14(2)12-13-9-6-5-8(11(15)16-3)7-10(9)17-12/h5-7H,4H2,1-3H3. The normalized spacial score (nSPS) is 10.5. The van der Waals surface area contributed by atoms with E-state index in [9.17, 15) is 4.79 Å². The van der Waals surface area contributed by atoms with Crippen molar-refractivity contribution in [3.63, 3.8) is 0 Å². The Morgan fingerprint density at radius 2 is 2.29 bits per heavy atom. The second-order valence-electron chi connectivity index (χ2n) is 3.68. The van der Waals surface area contributed by atoms with E-state index in [0.717, 1.165) is 21.9 Å². The average molecular weight is 250 g/mol. The maximum absolute atomic E-state index is 11.4. The van der Waals surface area contributed by atoms with Crippen molar-refractivity contribution in [3.8, 4) is 0 Å². The van der Waals surface area contributed by atoms with Crippen LogP contribution in [-0.2, 0) is 4.74 Å². The Kier molecular flexibility index (Phi) is 3.28. The molecule has 0 N–H and O–H groups in total. The Balaban J connectivity index is 2.44. The van der Waals surface area contributed by atoms with Gasteiger partial charge < -0.3 is 9.64 Å². The molecule has 2 rings (SSSR count). The summed E-state index contributed by atoms with van der Waals surface area (Å²) in [4.78, 5) is 18.0. The molecule has 2 aromatic rings. The van der Waals surface area contributed by atoms with Crippen molar-refractivity contribution in [1.29, 1.82) is 0 Å². The Bertz CT molecular complexity index is 550. The molecule has 0 unspecified atom stereocenters. The molecule has 17 heavy (non-hydrogen) atoms. The van der Waals surface area contributed by atoms with Crippen LogP contribution in [-0.4, -0.2) is 31.7 Å². The number of ether oxygens (including phenoxy) is 1. The quantitative estimate of drug-likeness (QED) is 0.785. The third-order valence-electron chi connectivity index (χ3n) is 2.60. The minimum atomic E-state index is -0.314. The maximum Gasteiger partial charge on any atom is 0.337 e. The molecule has 5 heteroatoms. The summed E-state index contributed by atoms with van der Waals surface area (Å²) in [5.74, 6) is -0.314. The Morgan fingerprint density at radius 1 is 1.53 bits per heavy atom. The summed E-state index contributed by atoms with van der Waals surface area (Å²) < 4.78 is 5.70. The van der Waals surface area contributed by atoms with Crippen LogP contribution in [0.3, 0.4) is 0 Å². The fraction of sp³-hybridized carbons (Fsp3) is 0.333. The zero-order chi connectivity index (χ0) is 12.4. The molecule has 0 saturated carbocycles. The van der Waals surface area contributed by atoms with Gasteiger partial charge in [-0.1, -0.05) is 11.3 Å². The van der Waals surface area contributed by atoms with E-state index in [1.165, 1.54) is 7.11 Å². The number of esters is 1. The van der Waals surface area contributed by atoms with Crippen molar-refractivity contribution in [2.75, 3.05) is 25.6 Å². The maximum atomic E-state index is 11.4. The van der Waals surface area contributed by atoms with Gasteiger partial charge in [-0.3, -0.25) is 0 Å². The van der Waals surface area contributed by atoms with E-state index in [0.29, 0.717) is 5.56 Å². The predicted molar refractivity (Wildman–Crippen MR) is 69.9 cm³/mol. The summed E-state index contributed by atoms with van der Waals surface area (Å²) in [7, 11) is 3.38. The van der Waals surface area contributed by atoms with Crippen molar-refractivity contribution in [2.45, 2.75) is 6.92 Å². The number of thiazole rings is 1. The summed E-state index contributed by atoms with van der Waals surface area (Å²) in [6.07, 6.45) is 0. The highest BCUT2D eigenvalue weighted by Crippen LogP contribution is 2.28. The topological polar surface area (TPSA) is 42.4 Å². The first-order valence-corrected chi connectivity index (χ1v) is 6.17. The predicted octanol–water partition coefficient (Wildman–Crippen LogP) is 2.54. The van der Waals surface area contributed by atoms with Gasteiger partial charge in [0.15, 0.2) is 5.13 Å². The van der Waals surface area contributed by atoms with Gasteiger partial charge in [-0.2, -0.15) is 0 Å². The molecule has 0 spiro atoms. The molecule has 0 amide bonds. The summed E-state index contributed by atoms with van der Waals surface area (Å²) in [6, 6.07) is 5.42. The number of rotatable bonds is 3. The fourth-order valence-electron chi connectivity index (χ4n) is 1.46. The molecule has 90 valence electrons.